The molecule has 0 aliphatic heterocycles. The van der Waals surface area contributed by atoms with Crippen LogP contribution in [0, 0.1) is 0 Å². The molecule has 0 saturated heterocycles. The second-order valence-electron chi connectivity index (χ2n) is 4.12. The van der Waals surface area contributed by atoms with Crippen LogP contribution in [0.2, 0.25) is 0 Å². The van der Waals surface area contributed by atoms with Gasteiger partial charge in [-0.25, -0.2) is 4.98 Å². The third-order valence-electron chi connectivity index (χ3n) is 2.79. The zero-order valence-electron chi connectivity index (χ0n) is 10.4. The molecule has 0 atom stereocenters. The van der Waals surface area contributed by atoms with Crippen molar-refractivity contribution in [1.29, 1.82) is 0 Å². The second kappa shape index (κ2) is 5.38. The lowest BCUT2D eigenvalue weighted by molar-refractivity contribution is 0.329. The molecule has 2 N–H and O–H groups in total. The van der Waals surface area contributed by atoms with Crippen molar-refractivity contribution in [3.05, 3.63) is 48.5 Å². The van der Waals surface area contributed by atoms with Crippen LogP contribution in [0.1, 0.15) is 0 Å². The molecule has 0 aliphatic rings. The van der Waals surface area contributed by atoms with Crippen LogP contribution < -0.4 is 10.5 Å². The number of benzene rings is 2. The fraction of sp³-hybridized carbons (Fsp3) is 0.133. The quantitative estimate of drug-likeness (QED) is 0.791. The zero-order chi connectivity index (χ0) is 13.1. The van der Waals surface area contributed by atoms with E-state index < -0.39 is 0 Å². The summed E-state index contributed by atoms with van der Waals surface area (Å²) < 4.78 is 6.86. The molecule has 0 saturated carbocycles. The van der Waals surface area contributed by atoms with Gasteiger partial charge in [0.05, 0.1) is 15.8 Å². The van der Waals surface area contributed by atoms with Gasteiger partial charge in [-0.1, -0.05) is 24.3 Å². The van der Waals surface area contributed by atoms with Gasteiger partial charge in [-0.15, -0.1) is 11.3 Å². The lowest BCUT2D eigenvalue weighted by Gasteiger charge is -2.08. The number of fused-ring (bicyclic) bond motifs is 1. The van der Waals surface area contributed by atoms with Crippen molar-refractivity contribution in [1.82, 2.24) is 4.98 Å². The minimum Gasteiger partial charge on any atom is -0.492 e. The molecule has 0 amide bonds. The third-order valence-corrected chi connectivity index (χ3v) is 3.86. The predicted octanol–water partition coefficient (Wildman–Crippen LogP) is 3.30. The highest BCUT2D eigenvalue weighted by Crippen LogP contribution is 2.35. The van der Waals surface area contributed by atoms with E-state index in [2.05, 4.69) is 11.1 Å². The first-order chi connectivity index (χ1) is 9.38. The molecule has 4 heteroatoms. The van der Waals surface area contributed by atoms with Gasteiger partial charge < -0.3 is 10.5 Å². The van der Waals surface area contributed by atoms with Crippen molar-refractivity contribution in [3.63, 3.8) is 0 Å². The van der Waals surface area contributed by atoms with Crippen LogP contribution in [0.25, 0.3) is 20.8 Å². The summed E-state index contributed by atoms with van der Waals surface area (Å²) in [5, 5.41) is 0.980. The largest absolute Gasteiger partial charge is 0.492 e. The monoisotopic (exact) mass is 270 g/mol. The van der Waals surface area contributed by atoms with Gasteiger partial charge in [0.2, 0.25) is 0 Å². The number of thiazole rings is 1. The number of para-hydroxylation sites is 2. The summed E-state index contributed by atoms with van der Waals surface area (Å²) in [7, 11) is 0. The average Bonchev–Trinajstić information content (AvgIpc) is 2.89. The molecule has 3 aromatic rings. The van der Waals surface area contributed by atoms with Crippen LogP contribution >= 0.6 is 11.3 Å². The van der Waals surface area contributed by atoms with Gasteiger partial charge in [-0.2, -0.15) is 0 Å². The Hall–Kier alpha value is -1.91. The third kappa shape index (κ3) is 2.45. The fourth-order valence-electron chi connectivity index (χ4n) is 1.93. The Labute approximate surface area is 115 Å². The zero-order valence-corrected chi connectivity index (χ0v) is 11.2. The highest BCUT2D eigenvalue weighted by molar-refractivity contribution is 7.21. The molecule has 19 heavy (non-hydrogen) atoms. The highest BCUT2D eigenvalue weighted by Gasteiger charge is 2.10. The van der Waals surface area contributed by atoms with Gasteiger partial charge in [0.25, 0.3) is 0 Å². The maximum absolute atomic E-state index is 5.68. The van der Waals surface area contributed by atoms with E-state index >= 15 is 0 Å². The number of nitrogens with two attached hydrogens (primary N) is 1. The smallest absolute Gasteiger partial charge is 0.129 e. The topological polar surface area (TPSA) is 48.1 Å². The van der Waals surface area contributed by atoms with E-state index in [-0.39, 0.29) is 0 Å². The minimum atomic E-state index is 0.508. The molecule has 3 nitrogen and oxygen atoms in total. The maximum Gasteiger partial charge on any atom is 0.129 e. The Morgan fingerprint density at radius 3 is 2.68 bits per heavy atom. The van der Waals surface area contributed by atoms with E-state index in [1.165, 1.54) is 4.70 Å². The molecule has 0 unspecified atom stereocenters. The van der Waals surface area contributed by atoms with Crippen molar-refractivity contribution in [2.45, 2.75) is 0 Å². The van der Waals surface area contributed by atoms with Gasteiger partial charge in [0.1, 0.15) is 17.4 Å². The molecule has 1 aromatic heterocycles. The lowest BCUT2D eigenvalue weighted by atomic mass is 10.2. The Kier molecular flexibility index (Phi) is 3.44. The minimum absolute atomic E-state index is 0.508. The van der Waals surface area contributed by atoms with Crippen molar-refractivity contribution in [3.8, 4) is 16.3 Å². The standard InChI is InChI=1S/C15H14N2OS/c16-9-10-18-13-7-3-1-5-11(13)15-17-12-6-2-4-8-14(12)19-15/h1-8H,9-10,16H2. The van der Waals surface area contributed by atoms with Crippen LogP contribution in [0.4, 0.5) is 0 Å². The van der Waals surface area contributed by atoms with Gasteiger partial charge >= 0.3 is 0 Å². The molecular weight excluding hydrogens is 256 g/mol. The first-order valence-electron chi connectivity index (χ1n) is 6.16. The molecule has 96 valence electrons. The fourth-order valence-corrected chi connectivity index (χ4v) is 2.92. The summed E-state index contributed by atoms with van der Waals surface area (Å²) >= 11 is 1.68. The molecule has 1 heterocycles. The Bertz CT molecular complexity index is 660. The van der Waals surface area contributed by atoms with Crippen LogP contribution in [0.5, 0.6) is 5.75 Å². The van der Waals surface area contributed by atoms with E-state index in [4.69, 9.17) is 10.5 Å². The number of aromatic nitrogens is 1. The van der Waals surface area contributed by atoms with E-state index in [1.807, 2.05) is 42.5 Å². The highest BCUT2D eigenvalue weighted by atomic mass is 32.1. The first kappa shape index (κ1) is 12.1. The molecule has 0 spiro atoms. The molecule has 0 radical (unpaired) electrons. The SMILES string of the molecule is NCCOc1ccccc1-c1nc2ccccc2s1. The second-order valence-corrected chi connectivity index (χ2v) is 5.15. The van der Waals surface area contributed by atoms with Crippen molar-refractivity contribution < 1.29 is 4.74 Å². The summed E-state index contributed by atoms with van der Waals surface area (Å²) in [5.41, 5.74) is 7.54. The number of hydrogen-bond acceptors (Lipinski definition) is 4. The van der Waals surface area contributed by atoms with Gasteiger partial charge in [-0.05, 0) is 24.3 Å². The Morgan fingerprint density at radius 1 is 1.05 bits per heavy atom. The molecule has 0 fully saturated rings. The van der Waals surface area contributed by atoms with Gasteiger partial charge in [0, 0.05) is 6.54 Å². The predicted molar refractivity (Wildman–Crippen MR) is 79.6 cm³/mol. The Morgan fingerprint density at radius 2 is 1.84 bits per heavy atom. The van der Waals surface area contributed by atoms with Crippen molar-refractivity contribution in [2.75, 3.05) is 13.2 Å². The molecule has 0 aliphatic carbocycles. The number of rotatable bonds is 4. The van der Waals surface area contributed by atoms with Crippen LogP contribution in [0.15, 0.2) is 48.5 Å². The van der Waals surface area contributed by atoms with E-state index in [9.17, 15) is 0 Å². The summed E-state index contributed by atoms with van der Waals surface area (Å²) in [6, 6.07) is 16.1. The van der Waals surface area contributed by atoms with Crippen LogP contribution in [-0.2, 0) is 0 Å². The molecule has 2 aromatic carbocycles. The van der Waals surface area contributed by atoms with E-state index in [0.717, 1.165) is 21.8 Å². The van der Waals surface area contributed by atoms with E-state index in [1.54, 1.807) is 11.3 Å². The first-order valence-corrected chi connectivity index (χ1v) is 6.98. The molecular formula is C15H14N2OS. The average molecular weight is 270 g/mol. The summed E-state index contributed by atoms with van der Waals surface area (Å²) in [4.78, 5) is 4.66. The Balaban J connectivity index is 2.05. The van der Waals surface area contributed by atoms with E-state index in [0.29, 0.717) is 13.2 Å². The molecule has 0 bridgehead atoms. The van der Waals surface area contributed by atoms with Gasteiger partial charge in [0.15, 0.2) is 0 Å². The normalized spacial score (nSPS) is 10.8. The van der Waals surface area contributed by atoms with Crippen molar-refractivity contribution in [2.24, 2.45) is 5.73 Å². The number of ether oxygens (including phenoxy) is 1. The summed E-state index contributed by atoms with van der Waals surface area (Å²) in [6.45, 7) is 1.02. The number of nitrogens with zero attached hydrogens (tertiary/aromatic N) is 1. The molecule has 3 rings (SSSR count). The summed E-state index contributed by atoms with van der Waals surface area (Å²) in [5.74, 6) is 0.840. The number of hydrogen-bond donors (Lipinski definition) is 1. The lowest BCUT2D eigenvalue weighted by Crippen LogP contribution is -2.10. The van der Waals surface area contributed by atoms with Crippen LogP contribution in [0.3, 0.4) is 0 Å². The maximum atomic E-state index is 5.68. The van der Waals surface area contributed by atoms with Crippen LogP contribution in [-0.4, -0.2) is 18.1 Å². The summed E-state index contributed by atoms with van der Waals surface area (Å²) in [6.07, 6.45) is 0. The van der Waals surface area contributed by atoms with Gasteiger partial charge in [-0.3, -0.25) is 0 Å². The van der Waals surface area contributed by atoms with Crippen molar-refractivity contribution >= 4 is 21.6 Å².